The van der Waals surface area contributed by atoms with Gasteiger partial charge in [-0.15, -0.1) is 43.1 Å². The molecule has 4 atom stereocenters. The minimum atomic E-state index is -4.98. The van der Waals surface area contributed by atoms with Gasteiger partial charge in [0.25, 0.3) is 17.7 Å². The third kappa shape index (κ3) is 19.4. The first-order valence-corrected chi connectivity index (χ1v) is 28.4. The van der Waals surface area contributed by atoms with Crippen molar-refractivity contribution in [2.45, 2.75) is 182 Å². The summed E-state index contributed by atoms with van der Waals surface area (Å²) in [5.74, 6) is -4.87. The molecule has 0 spiro atoms. The normalized spacial score (nSPS) is 17.8. The summed E-state index contributed by atoms with van der Waals surface area (Å²) in [4.78, 5) is 121. The zero-order valence-electron chi connectivity index (χ0n) is 48.8. The maximum Gasteiger partial charge on any atom is 0.413 e. The number of nitrogens with one attached hydrogen (secondary N) is 5. The van der Waals surface area contributed by atoms with Crippen molar-refractivity contribution < 1.29 is 79.9 Å². The molecule has 2 aliphatic rings. The van der Waals surface area contributed by atoms with E-state index in [1.165, 1.54) is 68.3 Å². The lowest BCUT2D eigenvalue weighted by atomic mass is 9.98. The van der Waals surface area contributed by atoms with Crippen LogP contribution in [-0.4, -0.2) is 174 Å². The van der Waals surface area contributed by atoms with Gasteiger partial charge in [-0.1, -0.05) is 10.3 Å². The molecule has 0 radical (unpaired) electrons. The van der Waals surface area contributed by atoms with E-state index in [1.54, 1.807) is 87.7 Å². The number of β-lactam (4-membered cyclic amide) rings is 2. The van der Waals surface area contributed by atoms with Gasteiger partial charge in [-0.25, -0.2) is 33.5 Å². The van der Waals surface area contributed by atoms with Gasteiger partial charge in [0, 0.05) is 23.8 Å². The third-order valence-corrected chi connectivity index (χ3v) is 12.9. The second-order valence-corrected chi connectivity index (χ2v) is 26.4. The van der Waals surface area contributed by atoms with Crippen molar-refractivity contribution in [1.29, 1.82) is 0 Å². The largest absolute Gasteiger partial charge is 0.457 e. The zero-order valence-corrected chi connectivity index (χ0v) is 51.3. The number of carbonyl (C=O) groups excluding carboxylic acids is 8. The summed E-state index contributed by atoms with van der Waals surface area (Å²) in [7, 11) is -4.98. The highest BCUT2D eigenvalue weighted by Crippen LogP contribution is 2.27. The van der Waals surface area contributed by atoms with Gasteiger partial charge < -0.3 is 53.7 Å². The number of esters is 2. The van der Waals surface area contributed by atoms with E-state index in [0.29, 0.717) is 6.54 Å². The molecule has 4 aromatic rings. The van der Waals surface area contributed by atoms with E-state index in [0.717, 1.165) is 22.7 Å². The summed E-state index contributed by atoms with van der Waals surface area (Å²) in [6.07, 6.45) is 3.91. The quantitative estimate of drug-likeness (QED) is 0.0196. The van der Waals surface area contributed by atoms with Crippen molar-refractivity contribution in [2.24, 2.45) is 10.3 Å². The molecule has 0 saturated carbocycles. The summed E-state index contributed by atoms with van der Waals surface area (Å²) in [5, 5.41) is 38.1. The molecule has 6 heterocycles. The second-order valence-electron chi connectivity index (χ2n) is 23.4. The summed E-state index contributed by atoms with van der Waals surface area (Å²) in [6.45, 7) is 25.9. The summed E-state index contributed by atoms with van der Waals surface area (Å²) in [5.41, 5.74) is -7.40. The molecular weight excluding hydrogens is 1170 g/mol. The predicted molar refractivity (Wildman–Crippen MR) is 297 cm³/mol. The number of nitrogens with zero attached hydrogens (tertiary/aromatic N) is 11. The lowest BCUT2D eigenvalue weighted by Gasteiger charge is -2.44. The van der Waals surface area contributed by atoms with Gasteiger partial charge >= 0.3 is 34.4 Å². The van der Waals surface area contributed by atoms with Crippen molar-refractivity contribution in [3.63, 3.8) is 0 Å². The lowest BCUT2D eigenvalue weighted by molar-refractivity contribution is -0.180. The Bertz CT molecular complexity index is 3240. The fourth-order valence-electron chi connectivity index (χ4n) is 6.66. The Labute approximate surface area is 490 Å². The number of rotatable bonds is 19. The fourth-order valence-corrected chi connectivity index (χ4v) is 8.90. The molecule has 4 aromatic heterocycles. The molecule has 6 rings (SSSR count). The Balaban J connectivity index is 0.000000309. The zero-order chi connectivity index (χ0) is 63.1. The van der Waals surface area contributed by atoms with Gasteiger partial charge in [0.2, 0.25) is 17.1 Å². The average molecular weight is 1240 g/mol. The Morgan fingerprint density at radius 1 is 0.595 bits per heavy atom. The first-order valence-electron chi connectivity index (χ1n) is 25.3. The smallest absolute Gasteiger partial charge is 0.413 e. The van der Waals surface area contributed by atoms with Crippen LogP contribution in [0.2, 0.25) is 0 Å². The van der Waals surface area contributed by atoms with E-state index >= 15 is 0 Å². The van der Waals surface area contributed by atoms with Crippen LogP contribution in [-0.2, 0) is 80.8 Å². The van der Waals surface area contributed by atoms with Gasteiger partial charge in [0.1, 0.15) is 71.2 Å². The number of hydrogen-bond donors (Lipinski definition) is 6. The number of oxime groups is 2. The highest BCUT2D eigenvalue weighted by molar-refractivity contribution is 7.84. The van der Waals surface area contributed by atoms with Crippen LogP contribution in [0.25, 0.3) is 0 Å². The average Bonchev–Trinajstić information content (AvgIpc) is 3.30. The lowest BCUT2D eigenvalue weighted by Crippen LogP contribution is -2.73. The van der Waals surface area contributed by atoms with Crippen molar-refractivity contribution in [3.05, 3.63) is 47.5 Å². The molecule has 0 bridgehead atoms. The van der Waals surface area contributed by atoms with Gasteiger partial charge in [-0.2, -0.15) is 8.42 Å². The Morgan fingerprint density at radius 2 is 0.964 bits per heavy atom. The summed E-state index contributed by atoms with van der Waals surface area (Å²) >= 11 is 1.92. The van der Waals surface area contributed by atoms with E-state index in [-0.39, 0.29) is 38.2 Å². The third-order valence-electron chi connectivity index (χ3n) is 10.4. The van der Waals surface area contributed by atoms with Crippen molar-refractivity contribution in [1.82, 2.24) is 59.8 Å². The highest BCUT2D eigenvalue weighted by Gasteiger charge is 2.54. The monoisotopic (exact) mass is 1240 g/mol. The molecular formula is C48H68N16O17S3. The molecule has 36 heteroatoms. The molecule has 6 N–H and O–H groups in total. The van der Waals surface area contributed by atoms with E-state index in [4.69, 9.17) is 28.6 Å². The van der Waals surface area contributed by atoms with Crippen LogP contribution in [0, 0.1) is 0 Å². The fraction of sp³-hybridized carbons (Fsp3) is 0.583. The van der Waals surface area contributed by atoms with Crippen LogP contribution < -0.4 is 26.6 Å². The number of amides is 6. The molecule has 33 nitrogen and oxygen atoms in total. The van der Waals surface area contributed by atoms with E-state index in [1.807, 2.05) is 0 Å². The molecule has 0 aliphatic carbocycles. The molecule has 460 valence electrons. The minimum absolute atomic E-state index is 0.0175. The number of aromatic nitrogens is 8. The standard InChI is InChI=1S/C24H34N8O10S2.C24H34N8O7S/c1-22(2,3)40-19(35)24(7,8)42-30-15(13-10-43-20(27-13)29-21(36)41-23(4,5)6)17(33)28-16-14(9-31-11-25-26-12-31)32(18(16)34)44(37,38)39;1-22(2,3)37-19(35)24(7,8)39-31-16(14-10-40-20(28-14)30-21(36)38-23(4,5)6)18(34)29-15-13(27-17(15)33)9-32-11-25-26-12-32/h10-12,14,16H,9H2,1-8H3,(H,28,33)(H,27,29,36)(H,37,38,39);10-13,15H,9H2,1-8H3,(H,27,33)(H,29,34)(H,28,30,36)/b30-15-;31-16-/t14-,16+;13-,15+/m11/s1. The Kier molecular flexibility index (Phi) is 20.4. The number of thiazole rings is 2. The van der Waals surface area contributed by atoms with E-state index < -0.39 is 122 Å². The topological polar surface area (TPSA) is 422 Å². The SMILES string of the molecule is CC(C)(C)OC(=O)Nc1nc(/C(=N/OC(C)(C)C(=O)OC(C)(C)C)C(=O)N[C@@H]2C(=O)N(S(=O)(=O)O)[C@@H]2Cn2cnnc2)cs1.CC(C)(C)OC(=O)Nc1nc(/C(=N/OC(C)(C)C(=O)OC(C)(C)C)C(=O)N[C@@H]2C(=O)N[C@@H]2Cn2cnnc2)cs1. The number of anilines is 2. The van der Waals surface area contributed by atoms with Crippen LogP contribution in [0.3, 0.4) is 0 Å². The van der Waals surface area contributed by atoms with Crippen LogP contribution >= 0.6 is 22.7 Å². The first kappa shape index (κ1) is 66.5. The van der Waals surface area contributed by atoms with Crippen molar-refractivity contribution in [2.75, 3.05) is 10.6 Å². The predicted octanol–water partition coefficient (Wildman–Crippen LogP) is 2.73. The molecule has 2 saturated heterocycles. The minimum Gasteiger partial charge on any atom is -0.457 e. The van der Waals surface area contributed by atoms with Crippen LogP contribution in [0.4, 0.5) is 19.9 Å². The number of ether oxygens (including phenoxy) is 4. The second kappa shape index (κ2) is 25.7. The van der Waals surface area contributed by atoms with Crippen molar-refractivity contribution in [3.8, 4) is 0 Å². The van der Waals surface area contributed by atoms with Gasteiger partial charge in [-0.05, 0) is 111 Å². The van der Waals surface area contributed by atoms with Crippen LogP contribution in [0.1, 0.15) is 122 Å². The molecule has 0 aromatic carbocycles. The van der Waals surface area contributed by atoms with E-state index in [2.05, 4.69) is 67.3 Å². The molecule has 2 aliphatic heterocycles. The molecule has 2 fully saturated rings. The van der Waals surface area contributed by atoms with Gasteiger partial charge in [-0.3, -0.25) is 34.4 Å². The maximum absolute atomic E-state index is 13.5. The van der Waals surface area contributed by atoms with Crippen LogP contribution in [0.15, 0.2) is 46.4 Å². The molecule has 84 heavy (non-hydrogen) atoms. The number of carbonyl (C=O) groups is 8. The Hall–Kier alpha value is -8.25. The van der Waals surface area contributed by atoms with Crippen LogP contribution in [0.5, 0.6) is 0 Å². The van der Waals surface area contributed by atoms with Gasteiger partial charge in [0.05, 0.1) is 12.1 Å². The van der Waals surface area contributed by atoms with Gasteiger partial charge in [0.15, 0.2) is 21.7 Å². The Morgan fingerprint density at radius 3 is 1.32 bits per heavy atom. The van der Waals surface area contributed by atoms with Crippen molar-refractivity contribution >= 4 is 102 Å². The summed E-state index contributed by atoms with van der Waals surface area (Å²) < 4.78 is 57.7. The highest BCUT2D eigenvalue weighted by atomic mass is 32.2. The first-order chi connectivity index (χ1) is 38.5. The van der Waals surface area contributed by atoms with E-state index in [9.17, 15) is 51.3 Å². The molecule has 6 amide bonds. The molecule has 0 unspecified atom stereocenters. The number of hydrogen-bond acceptors (Lipinski definition) is 26. The maximum atomic E-state index is 13.5. The summed E-state index contributed by atoms with van der Waals surface area (Å²) in [6, 6.07) is -4.05.